The van der Waals surface area contributed by atoms with Crippen molar-refractivity contribution in [3.8, 4) is 0 Å². The molecule has 0 fully saturated rings. The van der Waals surface area contributed by atoms with Crippen LogP contribution in [-0.4, -0.2) is 50.9 Å². The minimum atomic E-state index is -0.124. The smallest absolute Gasteiger partial charge is 0.251 e. The molecule has 0 bridgehead atoms. The molecule has 1 rings (SSSR count). The quantitative estimate of drug-likeness (QED) is 0.753. The van der Waals surface area contributed by atoms with Gasteiger partial charge in [0.05, 0.1) is 0 Å². The van der Waals surface area contributed by atoms with E-state index in [1.54, 1.807) is 25.3 Å². The lowest BCUT2D eigenvalue weighted by Crippen LogP contribution is -2.39. The summed E-state index contributed by atoms with van der Waals surface area (Å²) in [6.07, 6.45) is 3.25. The Kier molecular flexibility index (Phi) is 6.97. The van der Waals surface area contributed by atoms with E-state index < -0.39 is 0 Å². The van der Waals surface area contributed by atoms with Crippen LogP contribution in [0.15, 0.2) is 30.3 Å². The van der Waals surface area contributed by atoms with Crippen LogP contribution in [0, 0.1) is 5.41 Å². The molecule has 1 aromatic rings. The number of rotatable bonds is 7. The minimum Gasteiger partial charge on any atom is -0.355 e. The maximum Gasteiger partial charge on any atom is 0.251 e. The first-order valence-corrected chi connectivity index (χ1v) is 7.66. The first-order valence-electron chi connectivity index (χ1n) is 7.66. The van der Waals surface area contributed by atoms with E-state index in [1.165, 1.54) is 6.08 Å². The number of nitrogens with zero attached hydrogens (tertiary/aromatic N) is 1. The molecular weight excluding hydrogens is 290 g/mol. The number of hydrogen-bond donors (Lipinski definition) is 2. The van der Waals surface area contributed by atoms with Gasteiger partial charge in [0.1, 0.15) is 0 Å². The zero-order valence-electron chi connectivity index (χ0n) is 14.6. The summed E-state index contributed by atoms with van der Waals surface area (Å²) in [6, 6.07) is 7.09. The molecule has 0 aromatic heterocycles. The molecule has 0 saturated carbocycles. The molecule has 5 heteroatoms. The number of amides is 2. The number of nitrogens with one attached hydrogen (secondary N) is 2. The van der Waals surface area contributed by atoms with Gasteiger partial charge in [0.15, 0.2) is 0 Å². The van der Waals surface area contributed by atoms with Gasteiger partial charge in [-0.15, -0.1) is 0 Å². The zero-order valence-corrected chi connectivity index (χ0v) is 14.6. The van der Waals surface area contributed by atoms with Crippen LogP contribution in [0.5, 0.6) is 0 Å². The number of benzene rings is 1. The average Bonchev–Trinajstić information content (AvgIpc) is 2.49. The van der Waals surface area contributed by atoms with E-state index in [0.29, 0.717) is 12.1 Å². The molecule has 0 aliphatic carbocycles. The van der Waals surface area contributed by atoms with Crippen LogP contribution in [0.1, 0.15) is 29.8 Å². The van der Waals surface area contributed by atoms with Gasteiger partial charge in [-0.25, -0.2) is 0 Å². The SMILES string of the molecule is CNC(=O)c1ccc(/C=C/C(=O)NCC(C)(C)CN(C)C)cc1. The van der Waals surface area contributed by atoms with Crippen LogP contribution in [0.2, 0.25) is 0 Å². The highest BCUT2D eigenvalue weighted by Gasteiger charge is 2.19. The molecule has 0 saturated heterocycles. The van der Waals surface area contributed by atoms with Crippen molar-refractivity contribution in [1.29, 1.82) is 0 Å². The topological polar surface area (TPSA) is 61.4 Å². The van der Waals surface area contributed by atoms with E-state index >= 15 is 0 Å². The molecule has 0 aliphatic rings. The Bertz CT molecular complexity index is 560. The third-order valence-corrected chi connectivity index (χ3v) is 3.31. The van der Waals surface area contributed by atoms with Crippen LogP contribution in [-0.2, 0) is 4.79 Å². The van der Waals surface area contributed by atoms with Gasteiger partial charge in [-0.2, -0.15) is 0 Å². The van der Waals surface area contributed by atoms with Crippen LogP contribution in [0.25, 0.3) is 6.08 Å². The van der Waals surface area contributed by atoms with E-state index in [9.17, 15) is 9.59 Å². The van der Waals surface area contributed by atoms with Crippen molar-refractivity contribution in [1.82, 2.24) is 15.5 Å². The molecule has 5 nitrogen and oxygen atoms in total. The van der Waals surface area contributed by atoms with Crippen LogP contribution < -0.4 is 10.6 Å². The van der Waals surface area contributed by atoms with Gasteiger partial charge >= 0.3 is 0 Å². The summed E-state index contributed by atoms with van der Waals surface area (Å²) in [4.78, 5) is 25.5. The zero-order chi connectivity index (χ0) is 17.5. The fourth-order valence-corrected chi connectivity index (χ4v) is 2.36. The molecule has 0 radical (unpaired) electrons. The molecule has 0 unspecified atom stereocenters. The lowest BCUT2D eigenvalue weighted by Gasteiger charge is -2.28. The molecule has 2 amide bonds. The summed E-state index contributed by atoms with van der Waals surface area (Å²) in [6.45, 7) is 5.75. The molecule has 126 valence electrons. The maximum absolute atomic E-state index is 11.9. The van der Waals surface area contributed by atoms with E-state index in [0.717, 1.165) is 12.1 Å². The molecular formula is C18H27N3O2. The predicted octanol–water partition coefficient (Wildman–Crippen LogP) is 1.76. The van der Waals surface area contributed by atoms with E-state index in [-0.39, 0.29) is 17.2 Å². The Labute approximate surface area is 138 Å². The lowest BCUT2D eigenvalue weighted by molar-refractivity contribution is -0.116. The second kappa shape index (κ2) is 8.48. The highest BCUT2D eigenvalue weighted by atomic mass is 16.2. The summed E-state index contributed by atoms with van der Waals surface area (Å²) in [5.41, 5.74) is 1.49. The molecule has 0 atom stereocenters. The van der Waals surface area contributed by atoms with E-state index in [4.69, 9.17) is 0 Å². The Balaban J connectivity index is 2.53. The minimum absolute atomic E-state index is 0.0160. The fourth-order valence-electron chi connectivity index (χ4n) is 2.36. The molecule has 2 N–H and O–H groups in total. The van der Waals surface area contributed by atoms with E-state index in [2.05, 4.69) is 29.4 Å². The molecule has 1 aromatic carbocycles. The van der Waals surface area contributed by atoms with Crippen molar-refractivity contribution >= 4 is 17.9 Å². The van der Waals surface area contributed by atoms with Crippen LogP contribution in [0.4, 0.5) is 0 Å². The summed E-state index contributed by atoms with van der Waals surface area (Å²) < 4.78 is 0. The number of hydrogen-bond acceptors (Lipinski definition) is 3. The molecule has 0 spiro atoms. The van der Waals surface area contributed by atoms with Gasteiger partial charge in [-0.1, -0.05) is 26.0 Å². The summed E-state index contributed by atoms with van der Waals surface area (Å²) in [5.74, 6) is -0.242. The van der Waals surface area contributed by atoms with Crippen molar-refractivity contribution in [3.05, 3.63) is 41.5 Å². The number of carbonyl (C=O) groups is 2. The summed E-state index contributed by atoms with van der Waals surface area (Å²) >= 11 is 0. The summed E-state index contributed by atoms with van der Waals surface area (Å²) in [5, 5.41) is 5.49. The highest BCUT2D eigenvalue weighted by molar-refractivity contribution is 5.94. The van der Waals surface area contributed by atoms with Crippen molar-refractivity contribution in [2.24, 2.45) is 5.41 Å². The highest BCUT2D eigenvalue weighted by Crippen LogP contribution is 2.14. The second-order valence-corrected chi connectivity index (χ2v) is 6.65. The van der Waals surface area contributed by atoms with E-state index in [1.807, 2.05) is 26.2 Å². The Morgan fingerprint density at radius 2 is 1.78 bits per heavy atom. The monoisotopic (exact) mass is 317 g/mol. The first-order chi connectivity index (χ1) is 10.7. The van der Waals surface area contributed by atoms with Gasteiger partial charge < -0.3 is 15.5 Å². The van der Waals surface area contributed by atoms with Gasteiger partial charge in [0, 0.05) is 31.8 Å². The third-order valence-electron chi connectivity index (χ3n) is 3.31. The first kappa shape index (κ1) is 18.9. The summed E-state index contributed by atoms with van der Waals surface area (Å²) in [7, 11) is 5.64. The van der Waals surface area contributed by atoms with Gasteiger partial charge in [-0.3, -0.25) is 9.59 Å². The Morgan fingerprint density at radius 1 is 1.17 bits per heavy atom. The van der Waals surface area contributed by atoms with Gasteiger partial charge in [0.2, 0.25) is 5.91 Å². The Morgan fingerprint density at radius 3 is 2.30 bits per heavy atom. The molecule has 0 aliphatic heterocycles. The maximum atomic E-state index is 11.9. The lowest BCUT2D eigenvalue weighted by atomic mass is 9.93. The Hall–Kier alpha value is -2.14. The molecule has 0 heterocycles. The largest absolute Gasteiger partial charge is 0.355 e. The van der Waals surface area contributed by atoms with Crippen LogP contribution in [0.3, 0.4) is 0 Å². The van der Waals surface area contributed by atoms with Crippen molar-refractivity contribution in [2.75, 3.05) is 34.2 Å². The van der Waals surface area contributed by atoms with Gasteiger partial charge in [0.25, 0.3) is 5.91 Å². The molecule has 23 heavy (non-hydrogen) atoms. The van der Waals surface area contributed by atoms with Gasteiger partial charge in [-0.05, 0) is 43.3 Å². The average molecular weight is 317 g/mol. The number of carbonyl (C=O) groups excluding carboxylic acids is 2. The third kappa shape index (κ3) is 7.10. The van der Waals surface area contributed by atoms with Crippen molar-refractivity contribution < 1.29 is 9.59 Å². The predicted molar refractivity (Wildman–Crippen MR) is 94.2 cm³/mol. The van der Waals surface area contributed by atoms with Crippen molar-refractivity contribution in [3.63, 3.8) is 0 Å². The fraction of sp³-hybridized carbons (Fsp3) is 0.444. The van der Waals surface area contributed by atoms with Crippen LogP contribution >= 0.6 is 0 Å². The standard InChI is InChI=1S/C18H27N3O2/c1-18(2,13-21(4)5)12-20-16(22)11-8-14-6-9-15(10-7-14)17(23)19-3/h6-11H,12-13H2,1-5H3,(H,19,23)(H,20,22)/b11-8+. The normalized spacial score (nSPS) is 11.7. The second-order valence-electron chi connectivity index (χ2n) is 6.65. The van der Waals surface area contributed by atoms with Crippen molar-refractivity contribution in [2.45, 2.75) is 13.8 Å².